The van der Waals surface area contributed by atoms with Crippen LogP contribution in [-0.4, -0.2) is 19.4 Å². The average Bonchev–Trinajstić information content (AvgIpc) is 3.36. The van der Waals surface area contributed by atoms with Crippen molar-refractivity contribution in [2.24, 2.45) is 0 Å². The molecule has 0 amide bonds. The van der Waals surface area contributed by atoms with E-state index in [-0.39, 0.29) is 28.8 Å². The highest BCUT2D eigenvalue weighted by Gasteiger charge is 2.36. The van der Waals surface area contributed by atoms with E-state index < -0.39 is 21.1 Å². The van der Waals surface area contributed by atoms with Crippen LogP contribution in [0.15, 0.2) is 112 Å². The number of ether oxygens (including phenoxy) is 1. The van der Waals surface area contributed by atoms with Crippen LogP contribution in [0.1, 0.15) is 49.3 Å². The zero-order chi connectivity index (χ0) is 28.3. The molecule has 1 heterocycles. The van der Waals surface area contributed by atoms with Gasteiger partial charge in [-0.25, -0.2) is 18.2 Å². The average molecular weight is 552 g/mol. The van der Waals surface area contributed by atoms with Crippen molar-refractivity contribution in [2.45, 2.75) is 37.5 Å². The highest BCUT2D eigenvalue weighted by molar-refractivity contribution is 7.91. The molecule has 0 saturated carbocycles. The van der Waals surface area contributed by atoms with Gasteiger partial charge >= 0.3 is 5.97 Å². The molecule has 0 saturated heterocycles. The molecule has 1 atom stereocenters. The van der Waals surface area contributed by atoms with Crippen LogP contribution in [-0.2, 0) is 21.2 Å². The molecule has 0 aliphatic rings. The van der Waals surface area contributed by atoms with Crippen LogP contribution in [0.2, 0.25) is 0 Å². The molecule has 5 aromatic rings. The van der Waals surface area contributed by atoms with Crippen molar-refractivity contribution < 1.29 is 22.4 Å². The van der Waals surface area contributed by atoms with Crippen LogP contribution in [0.3, 0.4) is 0 Å². The normalized spacial score (nSPS) is 12.2. The number of oxazole rings is 1. The molecule has 0 fully saturated rings. The van der Waals surface area contributed by atoms with Gasteiger partial charge in [0.1, 0.15) is 10.9 Å². The summed E-state index contributed by atoms with van der Waals surface area (Å²) >= 11 is 0. The highest BCUT2D eigenvalue weighted by Crippen LogP contribution is 2.38. The third kappa shape index (κ3) is 5.75. The summed E-state index contributed by atoms with van der Waals surface area (Å²) < 4.78 is 40.1. The predicted octanol–water partition coefficient (Wildman–Crippen LogP) is 7.19. The molecule has 0 bridgehead atoms. The molecule has 6 nitrogen and oxygen atoms in total. The molecule has 0 spiro atoms. The van der Waals surface area contributed by atoms with Crippen LogP contribution in [0.25, 0.3) is 11.5 Å². The Kier molecular flexibility index (Phi) is 7.67. The Labute approximate surface area is 234 Å². The van der Waals surface area contributed by atoms with Gasteiger partial charge in [-0.15, -0.1) is 0 Å². The molecule has 7 heteroatoms. The van der Waals surface area contributed by atoms with Crippen LogP contribution < -0.4 is 0 Å². The van der Waals surface area contributed by atoms with Gasteiger partial charge in [0, 0.05) is 5.56 Å². The van der Waals surface area contributed by atoms with Gasteiger partial charge in [0.15, 0.2) is 22.2 Å². The standard InChI is InChI=1S/C33H29NO5S/c1-22-9-15-26(16-10-22)32-34-30(29(39-32)21-38-33(35)27-17-11-23(2)12-18-27)31(25-7-5-4-6-8-25)40(36,37)28-19-13-24(3)14-20-28/h4-20,31H,21H2,1-3H3. The number of benzene rings is 4. The zero-order valence-corrected chi connectivity index (χ0v) is 23.3. The summed E-state index contributed by atoms with van der Waals surface area (Å²) in [5, 5.41) is -1.19. The first kappa shape index (κ1) is 27.1. The summed E-state index contributed by atoms with van der Waals surface area (Å²) in [4.78, 5) is 17.7. The summed E-state index contributed by atoms with van der Waals surface area (Å²) in [5.74, 6) is -0.131. The first-order valence-electron chi connectivity index (χ1n) is 12.9. The van der Waals surface area contributed by atoms with E-state index in [0.29, 0.717) is 16.7 Å². The number of nitrogens with zero attached hydrogens (tertiary/aromatic N) is 1. The molecule has 0 radical (unpaired) electrons. The van der Waals surface area contributed by atoms with Gasteiger partial charge in [0.2, 0.25) is 5.89 Å². The van der Waals surface area contributed by atoms with Crippen molar-refractivity contribution in [3.05, 3.63) is 142 Å². The maximum atomic E-state index is 14.2. The van der Waals surface area contributed by atoms with Crippen LogP contribution in [0, 0.1) is 20.8 Å². The van der Waals surface area contributed by atoms with E-state index in [2.05, 4.69) is 0 Å². The first-order valence-corrected chi connectivity index (χ1v) is 14.4. The summed E-state index contributed by atoms with van der Waals surface area (Å²) in [5.41, 5.74) is 4.80. The van der Waals surface area contributed by atoms with Gasteiger partial charge in [0.25, 0.3) is 0 Å². The van der Waals surface area contributed by atoms with Gasteiger partial charge in [-0.1, -0.05) is 83.4 Å². The zero-order valence-electron chi connectivity index (χ0n) is 22.5. The third-order valence-electron chi connectivity index (χ3n) is 6.66. The second-order valence-corrected chi connectivity index (χ2v) is 11.8. The monoisotopic (exact) mass is 551 g/mol. The number of carbonyl (C=O) groups excluding carboxylic acids is 1. The van der Waals surface area contributed by atoms with Crippen molar-refractivity contribution in [3.8, 4) is 11.5 Å². The molecule has 0 N–H and O–H groups in total. The Hall–Kier alpha value is -4.49. The Bertz CT molecular complexity index is 1720. The lowest BCUT2D eigenvalue weighted by molar-refractivity contribution is 0.0445. The van der Waals surface area contributed by atoms with Crippen molar-refractivity contribution in [2.75, 3.05) is 0 Å². The number of hydrogen-bond donors (Lipinski definition) is 0. The lowest BCUT2D eigenvalue weighted by Gasteiger charge is -2.18. The number of aryl methyl sites for hydroxylation is 3. The van der Waals surface area contributed by atoms with Gasteiger partial charge in [-0.2, -0.15) is 0 Å². The van der Waals surface area contributed by atoms with Crippen molar-refractivity contribution in [1.29, 1.82) is 0 Å². The fourth-order valence-corrected chi connectivity index (χ4v) is 6.15. The minimum Gasteiger partial charge on any atom is -0.454 e. The number of sulfone groups is 1. The van der Waals surface area contributed by atoms with Crippen molar-refractivity contribution in [3.63, 3.8) is 0 Å². The second kappa shape index (κ2) is 11.3. The number of hydrogen-bond acceptors (Lipinski definition) is 6. The molecule has 5 rings (SSSR count). The minimum absolute atomic E-state index is 0.162. The highest BCUT2D eigenvalue weighted by atomic mass is 32.2. The van der Waals surface area contributed by atoms with Crippen LogP contribution in [0.4, 0.5) is 0 Å². The molecule has 40 heavy (non-hydrogen) atoms. The lowest BCUT2D eigenvalue weighted by atomic mass is 10.1. The summed E-state index contributed by atoms with van der Waals surface area (Å²) in [6.07, 6.45) is 0. The number of aromatic nitrogens is 1. The predicted molar refractivity (Wildman–Crippen MR) is 154 cm³/mol. The second-order valence-electron chi connectivity index (χ2n) is 9.78. The topological polar surface area (TPSA) is 86.5 Å². The maximum Gasteiger partial charge on any atom is 0.338 e. The Balaban J connectivity index is 1.62. The van der Waals surface area contributed by atoms with E-state index in [1.807, 2.05) is 63.2 Å². The Morgan fingerprint density at radius 2 is 1.32 bits per heavy atom. The molecule has 0 aliphatic heterocycles. The summed E-state index contributed by atoms with van der Waals surface area (Å²) in [6.45, 7) is 5.52. The molecular weight excluding hydrogens is 522 g/mol. The van der Waals surface area contributed by atoms with E-state index in [1.165, 1.54) is 0 Å². The van der Waals surface area contributed by atoms with Gasteiger partial charge < -0.3 is 9.15 Å². The number of carbonyl (C=O) groups is 1. The Morgan fingerprint density at radius 1 is 0.775 bits per heavy atom. The van der Waals surface area contributed by atoms with Gasteiger partial charge in [-0.3, -0.25) is 0 Å². The third-order valence-corrected chi connectivity index (χ3v) is 8.70. The van der Waals surface area contributed by atoms with Crippen LogP contribution in [0.5, 0.6) is 0 Å². The molecule has 4 aromatic carbocycles. The lowest BCUT2D eigenvalue weighted by Crippen LogP contribution is -2.18. The molecule has 0 aliphatic carbocycles. The fraction of sp³-hybridized carbons (Fsp3) is 0.152. The SMILES string of the molecule is Cc1ccc(C(=O)OCc2oc(-c3ccc(C)cc3)nc2C(c2ccccc2)S(=O)(=O)c2ccc(C)cc2)cc1. The summed E-state index contributed by atoms with van der Waals surface area (Å²) in [6, 6.07) is 30.2. The first-order chi connectivity index (χ1) is 19.2. The van der Waals surface area contributed by atoms with E-state index in [1.54, 1.807) is 60.7 Å². The fourth-order valence-electron chi connectivity index (χ4n) is 4.37. The number of esters is 1. The Morgan fingerprint density at radius 3 is 1.93 bits per heavy atom. The summed E-state index contributed by atoms with van der Waals surface area (Å²) in [7, 11) is -3.98. The van der Waals surface area contributed by atoms with Crippen molar-refractivity contribution in [1.82, 2.24) is 4.98 Å². The van der Waals surface area contributed by atoms with E-state index in [0.717, 1.165) is 16.7 Å². The largest absolute Gasteiger partial charge is 0.454 e. The van der Waals surface area contributed by atoms with E-state index in [4.69, 9.17) is 14.1 Å². The van der Waals surface area contributed by atoms with Crippen LogP contribution >= 0.6 is 0 Å². The number of rotatable bonds is 8. The van der Waals surface area contributed by atoms with E-state index in [9.17, 15) is 13.2 Å². The molecule has 1 unspecified atom stereocenters. The molecule has 1 aromatic heterocycles. The minimum atomic E-state index is -3.98. The quantitative estimate of drug-likeness (QED) is 0.190. The maximum absolute atomic E-state index is 14.2. The van der Waals surface area contributed by atoms with Gasteiger partial charge in [0.05, 0.1) is 10.5 Å². The molecule has 202 valence electrons. The van der Waals surface area contributed by atoms with Gasteiger partial charge in [-0.05, 0) is 62.7 Å². The van der Waals surface area contributed by atoms with Crippen molar-refractivity contribution >= 4 is 15.8 Å². The molecular formula is C33H29NO5S. The smallest absolute Gasteiger partial charge is 0.338 e. The van der Waals surface area contributed by atoms with E-state index >= 15 is 0 Å².